The van der Waals surface area contributed by atoms with E-state index in [0.717, 1.165) is 29.6 Å². The molecular formula is C13H21N3OS. The van der Waals surface area contributed by atoms with Crippen LogP contribution in [0.15, 0.2) is 11.1 Å². The van der Waals surface area contributed by atoms with E-state index in [2.05, 4.69) is 22.2 Å². The highest BCUT2D eigenvalue weighted by Gasteiger charge is 2.27. The number of rotatable bonds is 7. The average molecular weight is 267 g/mol. The van der Waals surface area contributed by atoms with E-state index in [0.29, 0.717) is 5.92 Å². The lowest BCUT2D eigenvalue weighted by Crippen LogP contribution is -2.07. The van der Waals surface area contributed by atoms with Crippen molar-refractivity contribution in [3.63, 3.8) is 0 Å². The monoisotopic (exact) mass is 267 g/mol. The molecule has 1 heterocycles. The molecule has 5 heteroatoms. The van der Waals surface area contributed by atoms with E-state index in [1.165, 1.54) is 12.8 Å². The summed E-state index contributed by atoms with van der Waals surface area (Å²) in [6.07, 6.45) is 3.49. The summed E-state index contributed by atoms with van der Waals surface area (Å²) in [5.74, 6) is 2.43. The van der Waals surface area contributed by atoms with Crippen LogP contribution in [0.2, 0.25) is 0 Å². The summed E-state index contributed by atoms with van der Waals surface area (Å²) in [6, 6.07) is 1.98. The third-order valence-corrected chi connectivity index (χ3v) is 3.80. The molecule has 1 aromatic heterocycles. The molecule has 2 N–H and O–H groups in total. The first-order valence-electron chi connectivity index (χ1n) is 6.63. The molecule has 1 unspecified atom stereocenters. The molecule has 0 saturated heterocycles. The molecule has 18 heavy (non-hydrogen) atoms. The lowest BCUT2D eigenvalue weighted by Gasteiger charge is -2.11. The molecule has 1 saturated carbocycles. The van der Waals surface area contributed by atoms with Crippen LogP contribution in [0.1, 0.15) is 44.9 Å². The number of aliphatic hydroxyl groups excluding tert-OH is 1. The van der Waals surface area contributed by atoms with Crippen LogP contribution < -0.4 is 5.32 Å². The van der Waals surface area contributed by atoms with Crippen molar-refractivity contribution in [1.82, 2.24) is 9.97 Å². The Morgan fingerprint density at radius 1 is 1.50 bits per heavy atom. The van der Waals surface area contributed by atoms with Crippen LogP contribution in [0.25, 0.3) is 0 Å². The van der Waals surface area contributed by atoms with Gasteiger partial charge in [0.25, 0.3) is 0 Å². The van der Waals surface area contributed by atoms with Crippen LogP contribution in [-0.4, -0.2) is 33.5 Å². The molecule has 0 aromatic carbocycles. The minimum atomic E-state index is 0.172. The largest absolute Gasteiger partial charge is 0.395 e. The molecule has 1 fully saturated rings. The Balaban J connectivity index is 2.13. The summed E-state index contributed by atoms with van der Waals surface area (Å²) in [6.45, 7) is 5.24. The summed E-state index contributed by atoms with van der Waals surface area (Å²) in [4.78, 5) is 9.16. The zero-order valence-corrected chi connectivity index (χ0v) is 11.8. The van der Waals surface area contributed by atoms with Gasteiger partial charge in [-0.3, -0.25) is 0 Å². The molecule has 0 radical (unpaired) electrons. The minimum Gasteiger partial charge on any atom is -0.395 e. The normalized spacial score (nSPS) is 16.6. The van der Waals surface area contributed by atoms with Gasteiger partial charge >= 0.3 is 0 Å². The lowest BCUT2D eigenvalue weighted by molar-refractivity contribution is 0.300. The first-order valence-corrected chi connectivity index (χ1v) is 7.51. The molecule has 2 rings (SSSR count). The lowest BCUT2D eigenvalue weighted by atomic mass is 10.4. The highest BCUT2D eigenvalue weighted by Crippen LogP contribution is 2.39. The van der Waals surface area contributed by atoms with E-state index < -0.39 is 0 Å². The Kier molecular flexibility index (Phi) is 4.83. The van der Waals surface area contributed by atoms with E-state index in [1.807, 2.05) is 13.0 Å². The van der Waals surface area contributed by atoms with Crippen LogP contribution >= 0.6 is 11.8 Å². The molecule has 1 aliphatic carbocycles. The minimum absolute atomic E-state index is 0.172. The number of anilines is 1. The van der Waals surface area contributed by atoms with Gasteiger partial charge in [0.05, 0.1) is 6.61 Å². The van der Waals surface area contributed by atoms with Gasteiger partial charge in [-0.1, -0.05) is 13.8 Å². The maximum absolute atomic E-state index is 9.12. The third-order valence-electron chi connectivity index (χ3n) is 2.80. The van der Waals surface area contributed by atoms with E-state index >= 15 is 0 Å². The van der Waals surface area contributed by atoms with E-state index in [4.69, 9.17) is 5.11 Å². The zero-order chi connectivity index (χ0) is 13.0. The molecule has 0 spiro atoms. The maximum atomic E-state index is 9.12. The molecule has 1 aliphatic rings. The Labute approximate surface area is 113 Å². The summed E-state index contributed by atoms with van der Waals surface area (Å²) in [5, 5.41) is 13.6. The molecule has 100 valence electrons. The van der Waals surface area contributed by atoms with Gasteiger partial charge in [0.2, 0.25) is 0 Å². The quantitative estimate of drug-likeness (QED) is 0.587. The highest BCUT2D eigenvalue weighted by atomic mass is 32.2. The number of nitrogens with one attached hydrogen (secondary N) is 1. The Bertz CT molecular complexity index is 396. The van der Waals surface area contributed by atoms with Crippen molar-refractivity contribution in [3.8, 4) is 0 Å². The van der Waals surface area contributed by atoms with Crippen LogP contribution in [0, 0.1) is 0 Å². The number of aromatic nitrogens is 2. The fraction of sp³-hybridized carbons (Fsp3) is 0.692. The van der Waals surface area contributed by atoms with Gasteiger partial charge in [-0.05, 0) is 19.3 Å². The molecule has 4 nitrogen and oxygen atoms in total. The summed E-state index contributed by atoms with van der Waals surface area (Å²) >= 11 is 1.61. The fourth-order valence-corrected chi connectivity index (χ4v) is 2.43. The SMILES string of the molecule is CCCNc1cc(SC(C)CO)nc(C2CC2)n1. The van der Waals surface area contributed by atoms with Gasteiger partial charge in [-0.15, -0.1) is 11.8 Å². The number of hydrogen-bond donors (Lipinski definition) is 2. The van der Waals surface area contributed by atoms with Crippen molar-refractivity contribution >= 4 is 17.6 Å². The van der Waals surface area contributed by atoms with Gasteiger partial charge < -0.3 is 10.4 Å². The second-order valence-electron chi connectivity index (χ2n) is 4.76. The van der Waals surface area contributed by atoms with E-state index in [1.54, 1.807) is 11.8 Å². The number of hydrogen-bond acceptors (Lipinski definition) is 5. The van der Waals surface area contributed by atoms with Crippen LogP contribution in [-0.2, 0) is 0 Å². The molecular weight excluding hydrogens is 246 g/mol. The first kappa shape index (κ1) is 13.6. The zero-order valence-electron chi connectivity index (χ0n) is 11.0. The molecule has 0 aliphatic heterocycles. The van der Waals surface area contributed by atoms with Crippen molar-refractivity contribution in [2.45, 2.75) is 49.3 Å². The van der Waals surface area contributed by atoms with Crippen molar-refractivity contribution in [1.29, 1.82) is 0 Å². The van der Waals surface area contributed by atoms with Crippen molar-refractivity contribution in [2.24, 2.45) is 0 Å². The molecule has 1 atom stereocenters. The van der Waals surface area contributed by atoms with Crippen LogP contribution in [0.4, 0.5) is 5.82 Å². The predicted octanol–water partition coefficient (Wildman–Crippen LogP) is 2.65. The topological polar surface area (TPSA) is 58.0 Å². The number of thioether (sulfide) groups is 1. The number of aliphatic hydroxyl groups is 1. The molecule has 0 amide bonds. The maximum Gasteiger partial charge on any atom is 0.135 e. The summed E-state index contributed by atoms with van der Waals surface area (Å²) < 4.78 is 0. The van der Waals surface area contributed by atoms with Crippen LogP contribution in [0.5, 0.6) is 0 Å². The summed E-state index contributed by atoms with van der Waals surface area (Å²) in [7, 11) is 0. The van der Waals surface area contributed by atoms with Gasteiger partial charge in [-0.2, -0.15) is 0 Å². The first-order chi connectivity index (χ1) is 8.72. The smallest absolute Gasteiger partial charge is 0.135 e. The van der Waals surface area contributed by atoms with Gasteiger partial charge in [0, 0.05) is 23.8 Å². The van der Waals surface area contributed by atoms with Crippen molar-refractivity contribution < 1.29 is 5.11 Å². The Morgan fingerprint density at radius 3 is 2.89 bits per heavy atom. The van der Waals surface area contributed by atoms with E-state index in [9.17, 15) is 0 Å². The fourth-order valence-electron chi connectivity index (χ4n) is 1.61. The Morgan fingerprint density at radius 2 is 2.28 bits per heavy atom. The van der Waals surface area contributed by atoms with Crippen LogP contribution in [0.3, 0.4) is 0 Å². The molecule has 1 aromatic rings. The van der Waals surface area contributed by atoms with Gasteiger partial charge in [-0.25, -0.2) is 9.97 Å². The number of nitrogens with zero attached hydrogens (tertiary/aromatic N) is 2. The average Bonchev–Trinajstić information content (AvgIpc) is 3.20. The third kappa shape index (κ3) is 3.85. The second kappa shape index (κ2) is 6.38. The molecule has 0 bridgehead atoms. The van der Waals surface area contributed by atoms with E-state index in [-0.39, 0.29) is 11.9 Å². The predicted molar refractivity (Wildman–Crippen MR) is 75.2 cm³/mol. The summed E-state index contributed by atoms with van der Waals surface area (Å²) in [5.41, 5.74) is 0. The Hall–Kier alpha value is -0.810. The second-order valence-corrected chi connectivity index (χ2v) is 6.22. The van der Waals surface area contributed by atoms with Crippen molar-refractivity contribution in [2.75, 3.05) is 18.5 Å². The van der Waals surface area contributed by atoms with Gasteiger partial charge in [0.15, 0.2) is 0 Å². The standard InChI is InChI=1S/C13H21N3OS/c1-3-6-14-11-7-12(18-9(2)8-17)16-13(15-11)10-4-5-10/h7,9-10,17H,3-6,8H2,1-2H3,(H,14,15,16). The highest BCUT2D eigenvalue weighted by molar-refractivity contribution is 7.99. The van der Waals surface area contributed by atoms with Gasteiger partial charge in [0.1, 0.15) is 16.7 Å². The van der Waals surface area contributed by atoms with Crippen molar-refractivity contribution in [3.05, 3.63) is 11.9 Å².